The molecule has 4 aromatic rings. The fourth-order valence-electron chi connectivity index (χ4n) is 4.38. The number of methoxy groups -OCH3 is 1. The van der Waals surface area contributed by atoms with Gasteiger partial charge >= 0.3 is 0 Å². The molecule has 0 spiro atoms. The summed E-state index contributed by atoms with van der Waals surface area (Å²) < 4.78 is 11.2. The second kappa shape index (κ2) is 8.80. The molecule has 1 amide bonds. The summed E-state index contributed by atoms with van der Waals surface area (Å²) in [6.07, 6.45) is 0. The van der Waals surface area contributed by atoms with E-state index in [4.69, 9.17) is 32.4 Å². The van der Waals surface area contributed by atoms with E-state index in [-0.39, 0.29) is 11.3 Å². The number of aliphatic hydroxyl groups excluding tert-OH is 1. The SMILES string of the molecule is COc1cccc2cc(C(=O)C3=C(O)C(=O)N(c4cc(Cl)cc(Cl)c4)C3c3cccc(C)c3)oc12. The molecule has 0 fully saturated rings. The molecule has 1 aliphatic heterocycles. The van der Waals surface area contributed by atoms with E-state index in [9.17, 15) is 14.7 Å². The van der Waals surface area contributed by atoms with Crippen LogP contribution in [-0.2, 0) is 4.79 Å². The normalized spacial score (nSPS) is 15.8. The quantitative estimate of drug-likeness (QED) is 0.299. The van der Waals surface area contributed by atoms with Crippen LogP contribution in [0.4, 0.5) is 5.69 Å². The Labute approximate surface area is 210 Å². The van der Waals surface area contributed by atoms with Crippen molar-refractivity contribution in [3.63, 3.8) is 0 Å². The Hall–Kier alpha value is -3.74. The number of rotatable bonds is 5. The summed E-state index contributed by atoms with van der Waals surface area (Å²) in [5.74, 6) is -1.58. The number of fused-ring (bicyclic) bond motifs is 1. The van der Waals surface area contributed by atoms with Crippen LogP contribution in [0.1, 0.15) is 27.7 Å². The Morgan fingerprint density at radius 1 is 1.03 bits per heavy atom. The van der Waals surface area contributed by atoms with Gasteiger partial charge in [0, 0.05) is 21.1 Å². The number of hydrogen-bond donors (Lipinski definition) is 1. The van der Waals surface area contributed by atoms with Crippen LogP contribution in [0.15, 0.2) is 82.5 Å². The van der Waals surface area contributed by atoms with Crippen molar-refractivity contribution in [1.82, 2.24) is 0 Å². The second-order valence-electron chi connectivity index (χ2n) is 8.20. The molecule has 8 heteroatoms. The highest BCUT2D eigenvalue weighted by atomic mass is 35.5. The predicted molar refractivity (Wildman–Crippen MR) is 135 cm³/mol. The first-order valence-corrected chi connectivity index (χ1v) is 11.4. The van der Waals surface area contributed by atoms with E-state index in [0.717, 1.165) is 5.56 Å². The topological polar surface area (TPSA) is 80.0 Å². The first kappa shape index (κ1) is 23.0. The molecule has 0 aliphatic carbocycles. The number of para-hydroxylation sites is 1. The summed E-state index contributed by atoms with van der Waals surface area (Å²) in [5.41, 5.74) is 2.20. The van der Waals surface area contributed by atoms with Crippen molar-refractivity contribution < 1.29 is 23.8 Å². The number of aryl methyl sites for hydroxylation is 1. The average Bonchev–Trinajstić information content (AvgIpc) is 3.37. The van der Waals surface area contributed by atoms with E-state index in [1.54, 1.807) is 42.5 Å². The van der Waals surface area contributed by atoms with Gasteiger partial charge in [0.2, 0.25) is 5.78 Å². The number of anilines is 1. The third kappa shape index (κ3) is 3.95. The maximum Gasteiger partial charge on any atom is 0.294 e. The van der Waals surface area contributed by atoms with Crippen LogP contribution in [0, 0.1) is 6.92 Å². The fourth-order valence-corrected chi connectivity index (χ4v) is 4.89. The third-order valence-corrected chi connectivity index (χ3v) is 6.32. The maximum atomic E-state index is 13.8. The van der Waals surface area contributed by atoms with E-state index < -0.39 is 23.5 Å². The first-order valence-electron chi connectivity index (χ1n) is 10.7. The van der Waals surface area contributed by atoms with Crippen molar-refractivity contribution in [3.8, 4) is 5.75 Å². The molecule has 0 bridgehead atoms. The van der Waals surface area contributed by atoms with Crippen molar-refractivity contribution in [2.75, 3.05) is 12.0 Å². The molecule has 0 radical (unpaired) electrons. The Morgan fingerprint density at radius 3 is 2.43 bits per heavy atom. The van der Waals surface area contributed by atoms with Gasteiger partial charge in [-0.2, -0.15) is 0 Å². The average molecular weight is 508 g/mol. The minimum Gasteiger partial charge on any atom is -0.503 e. The molecular formula is C27H19Cl2NO5. The zero-order valence-electron chi connectivity index (χ0n) is 18.7. The summed E-state index contributed by atoms with van der Waals surface area (Å²) in [7, 11) is 1.50. The number of nitrogens with zero attached hydrogens (tertiary/aromatic N) is 1. The van der Waals surface area contributed by atoms with E-state index >= 15 is 0 Å². The molecule has 1 atom stereocenters. The standard InChI is InChI=1S/C27H19Cl2NO5/c1-14-5-3-6-15(9-14)23-22(24(31)21-10-16-7-4-8-20(34-2)26(16)35-21)25(32)27(33)30(23)19-12-17(28)11-18(29)13-19/h3-13,23,32H,1-2H3. The van der Waals surface area contributed by atoms with Gasteiger partial charge in [-0.1, -0.05) is 65.2 Å². The number of halogens is 2. The number of hydrogen-bond acceptors (Lipinski definition) is 5. The number of ketones is 1. The van der Waals surface area contributed by atoms with E-state index in [0.29, 0.717) is 38.0 Å². The monoisotopic (exact) mass is 507 g/mol. The maximum absolute atomic E-state index is 13.8. The van der Waals surface area contributed by atoms with Crippen molar-refractivity contribution in [1.29, 1.82) is 0 Å². The Balaban J connectivity index is 1.69. The predicted octanol–water partition coefficient (Wildman–Crippen LogP) is 6.84. The summed E-state index contributed by atoms with van der Waals surface area (Å²) in [4.78, 5) is 28.4. The molecule has 35 heavy (non-hydrogen) atoms. The summed E-state index contributed by atoms with van der Waals surface area (Å²) in [5, 5.41) is 12.3. The molecule has 1 aromatic heterocycles. The lowest BCUT2D eigenvalue weighted by molar-refractivity contribution is -0.117. The highest BCUT2D eigenvalue weighted by Crippen LogP contribution is 2.44. The molecular weight excluding hydrogens is 489 g/mol. The minimum atomic E-state index is -0.931. The number of furan rings is 1. The highest BCUT2D eigenvalue weighted by molar-refractivity contribution is 6.35. The van der Waals surface area contributed by atoms with Gasteiger partial charge < -0.3 is 14.3 Å². The van der Waals surface area contributed by atoms with Gasteiger partial charge in [0.15, 0.2) is 22.9 Å². The van der Waals surface area contributed by atoms with Crippen molar-refractivity contribution in [2.24, 2.45) is 0 Å². The van der Waals surface area contributed by atoms with Crippen LogP contribution in [0.2, 0.25) is 10.0 Å². The van der Waals surface area contributed by atoms with Gasteiger partial charge in [-0.25, -0.2) is 0 Å². The van der Waals surface area contributed by atoms with Gasteiger partial charge in [-0.3, -0.25) is 14.5 Å². The van der Waals surface area contributed by atoms with Gasteiger partial charge in [0.25, 0.3) is 5.91 Å². The lowest BCUT2D eigenvalue weighted by Gasteiger charge is -2.27. The summed E-state index contributed by atoms with van der Waals surface area (Å²) >= 11 is 12.4. The number of aliphatic hydroxyl groups is 1. The summed E-state index contributed by atoms with van der Waals surface area (Å²) in [6.45, 7) is 1.90. The number of carbonyl (C=O) groups is 2. The fraction of sp³-hybridized carbons (Fsp3) is 0.111. The Kier molecular flexibility index (Phi) is 5.79. The van der Waals surface area contributed by atoms with E-state index in [1.165, 1.54) is 18.1 Å². The van der Waals surface area contributed by atoms with Crippen LogP contribution in [0.3, 0.4) is 0 Å². The smallest absolute Gasteiger partial charge is 0.294 e. The molecule has 5 rings (SSSR count). The Bertz CT molecular complexity index is 1520. The van der Waals surface area contributed by atoms with Crippen molar-refractivity contribution in [3.05, 3.63) is 105 Å². The van der Waals surface area contributed by atoms with Crippen LogP contribution < -0.4 is 9.64 Å². The third-order valence-electron chi connectivity index (χ3n) is 5.89. The van der Waals surface area contributed by atoms with Gasteiger partial charge in [0.05, 0.1) is 18.7 Å². The molecule has 176 valence electrons. The summed E-state index contributed by atoms with van der Waals surface area (Å²) in [6, 6.07) is 17.9. The van der Waals surface area contributed by atoms with Crippen LogP contribution in [0.25, 0.3) is 11.0 Å². The molecule has 1 N–H and O–H groups in total. The molecule has 1 unspecified atom stereocenters. The van der Waals surface area contributed by atoms with Crippen molar-refractivity contribution in [2.45, 2.75) is 13.0 Å². The molecule has 2 heterocycles. The van der Waals surface area contributed by atoms with Gasteiger partial charge in [-0.15, -0.1) is 0 Å². The van der Waals surface area contributed by atoms with Crippen LogP contribution >= 0.6 is 23.2 Å². The number of ether oxygens (including phenoxy) is 1. The van der Waals surface area contributed by atoms with E-state index in [1.807, 2.05) is 25.1 Å². The minimum absolute atomic E-state index is 0.0255. The zero-order chi connectivity index (χ0) is 24.9. The molecule has 6 nitrogen and oxygen atoms in total. The number of amides is 1. The number of benzene rings is 3. The van der Waals surface area contributed by atoms with Gasteiger partial charge in [-0.05, 0) is 42.8 Å². The van der Waals surface area contributed by atoms with Crippen LogP contribution in [-0.4, -0.2) is 23.9 Å². The zero-order valence-corrected chi connectivity index (χ0v) is 20.2. The van der Waals surface area contributed by atoms with Crippen molar-refractivity contribution >= 4 is 51.5 Å². The first-order chi connectivity index (χ1) is 16.8. The largest absolute Gasteiger partial charge is 0.503 e. The second-order valence-corrected chi connectivity index (χ2v) is 9.07. The number of carbonyl (C=O) groups excluding carboxylic acids is 2. The number of Topliss-reactive ketones (excluding diaryl/α,β-unsaturated/α-hetero) is 1. The van der Waals surface area contributed by atoms with Crippen LogP contribution in [0.5, 0.6) is 5.75 Å². The lowest BCUT2D eigenvalue weighted by Crippen LogP contribution is -2.31. The molecule has 0 saturated heterocycles. The Morgan fingerprint density at radius 2 is 1.74 bits per heavy atom. The molecule has 3 aromatic carbocycles. The molecule has 1 aliphatic rings. The van der Waals surface area contributed by atoms with E-state index in [2.05, 4.69) is 0 Å². The lowest BCUT2D eigenvalue weighted by atomic mass is 9.94. The highest BCUT2D eigenvalue weighted by Gasteiger charge is 2.45. The molecule has 0 saturated carbocycles. The van der Waals surface area contributed by atoms with Gasteiger partial charge in [0.1, 0.15) is 0 Å².